The van der Waals surface area contributed by atoms with Crippen LogP contribution in [0.5, 0.6) is 0 Å². The largest absolute Gasteiger partial charge is 0.357 e. The van der Waals surface area contributed by atoms with Gasteiger partial charge in [-0.05, 0) is 37.1 Å². The van der Waals surface area contributed by atoms with Crippen LogP contribution in [-0.2, 0) is 24.8 Å². The summed E-state index contributed by atoms with van der Waals surface area (Å²) in [7, 11) is 1.91. The molecule has 0 unspecified atom stereocenters. The van der Waals surface area contributed by atoms with Crippen LogP contribution in [0, 0.1) is 0 Å². The van der Waals surface area contributed by atoms with Crippen molar-refractivity contribution in [2.75, 3.05) is 18.4 Å². The average Bonchev–Trinajstić information content (AvgIpc) is 2.99. The number of hydrogen-bond acceptors (Lipinski definition) is 3. The van der Waals surface area contributed by atoms with Crippen molar-refractivity contribution in [3.05, 3.63) is 47.8 Å². The number of halogens is 1. The van der Waals surface area contributed by atoms with Gasteiger partial charge in [0.2, 0.25) is 5.91 Å². The molecule has 0 spiro atoms. The maximum Gasteiger partial charge on any atom is 0.221 e. The van der Waals surface area contributed by atoms with Crippen LogP contribution in [0.2, 0.25) is 0 Å². The second kappa shape index (κ2) is 11.5. The first-order valence-electron chi connectivity index (χ1n) is 8.44. The number of aromatic nitrogens is 2. The van der Waals surface area contributed by atoms with E-state index in [0.29, 0.717) is 6.54 Å². The maximum atomic E-state index is 11.0. The third kappa shape index (κ3) is 7.42. The highest BCUT2D eigenvalue weighted by molar-refractivity contribution is 14.0. The Kier molecular flexibility index (Phi) is 9.71. The van der Waals surface area contributed by atoms with Crippen LogP contribution in [0.25, 0.3) is 0 Å². The van der Waals surface area contributed by atoms with Crippen LogP contribution in [0.3, 0.4) is 0 Å². The lowest BCUT2D eigenvalue weighted by atomic mass is 10.1. The third-order valence-corrected chi connectivity index (χ3v) is 3.65. The summed E-state index contributed by atoms with van der Waals surface area (Å²) < 4.78 is 1.82. The van der Waals surface area contributed by atoms with Gasteiger partial charge < -0.3 is 16.0 Å². The molecule has 1 amide bonds. The number of guanidine groups is 1. The molecule has 0 atom stereocenters. The van der Waals surface area contributed by atoms with E-state index in [2.05, 4.69) is 26.0 Å². The summed E-state index contributed by atoms with van der Waals surface area (Å²) in [5.74, 6) is 0.730. The molecule has 0 aliphatic rings. The van der Waals surface area contributed by atoms with E-state index in [4.69, 9.17) is 0 Å². The van der Waals surface area contributed by atoms with Crippen molar-refractivity contribution in [1.29, 1.82) is 0 Å². The van der Waals surface area contributed by atoms with Crippen molar-refractivity contribution in [2.45, 2.75) is 26.8 Å². The van der Waals surface area contributed by atoms with Crippen molar-refractivity contribution in [2.24, 2.45) is 12.0 Å². The minimum atomic E-state index is -0.0608. The Hall–Kier alpha value is -2.10. The highest BCUT2D eigenvalue weighted by Gasteiger charge is 2.01. The molecule has 1 aromatic carbocycles. The molecule has 1 heterocycles. The van der Waals surface area contributed by atoms with Crippen LogP contribution in [-0.4, -0.2) is 34.7 Å². The zero-order chi connectivity index (χ0) is 18.1. The zero-order valence-corrected chi connectivity index (χ0v) is 17.8. The van der Waals surface area contributed by atoms with Gasteiger partial charge >= 0.3 is 0 Å². The molecule has 0 fully saturated rings. The highest BCUT2D eigenvalue weighted by atomic mass is 127. The Morgan fingerprint density at radius 2 is 1.92 bits per heavy atom. The van der Waals surface area contributed by atoms with Gasteiger partial charge in [0.25, 0.3) is 0 Å². The molecule has 3 N–H and O–H groups in total. The Bertz CT molecular complexity index is 711. The average molecular weight is 470 g/mol. The third-order valence-electron chi connectivity index (χ3n) is 3.65. The lowest BCUT2D eigenvalue weighted by Gasteiger charge is -2.11. The Morgan fingerprint density at radius 3 is 2.50 bits per heavy atom. The Morgan fingerprint density at radius 1 is 1.19 bits per heavy atom. The number of carbonyl (C=O) groups is 1. The van der Waals surface area contributed by atoms with Crippen molar-refractivity contribution in [3.63, 3.8) is 0 Å². The van der Waals surface area contributed by atoms with Gasteiger partial charge in [0.05, 0.1) is 12.2 Å². The van der Waals surface area contributed by atoms with E-state index in [-0.39, 0.29) is 29.9 Å². The van der Waals surface area contributed by atoms with Crippen LogP contribution in [0.4, 0.5) is 5.69 Å². The van der Waals surface area contributed by atoms with Crippen LogP contribution in [0.1, 0.15) is 25.1 Å². The summed E-state index contributed by atoms with van der Waals surface area (Å²) in [5, 5.41) is 13.5. The fourth-order valence-corrected chi connectivity index (χ4v) is 2.34. The van der Waals surface area contributed by atoms with E-state index in [1.54, 1.807) is 6.20 Å². The van der Waals surface area contributed by atoms with Gasteiger partial charge in [-0.15, -0.1) is 24.0 Å². The highest BCUT2D eigenvalue weighted by Crippen LogP contribution is 2.09. The van der Waals surface area contributed by atoms with Crippen molar-refractivity contribution >= 4 is 41.5 Å². The normalized spacial score (nSPS) is 10.8. The number of amides is 1. The first kappa shape index (κ1) is 21.9. The zero-order valence-electron chi connectivity index (χ0n) is 15.5. The van der Waals surface area contributed by atoms with E-state index in [1.165, 1.54) is 12.5 Å². The number of hydrogen-bond donors (Lipinski definition) is 3. The summed E-state index contributed by atoms with van der Waals surface area (Å²) in [6.45, 7) is 5.71. The molecule has 0 bridgehead atoms. The fraction of sp³-hybridized carbons (Fsp3) is 0.389. The van der Waals surface area contributed by atoms with Gasteiger partial charge in [-0.1, -0.05) is 12.1 Å². The van der Waals surface area contributed by atoms with Crippen molar-refractivity contribution in [3.8, 4) is 0 Å². The molecule has 26 heavy (non-hydrogen) atoms. The molecule has 2 aromatic rings. The van der Waals surface area contributed by atoms with E-state index in [1.807, 2.05) is 49.0 Å². The predicted molar refractivity (Wildman–Crippen MR) is 116 cm³/mol. The maximum absolute atomic E-state index is 11.0. The quantitative estimate of drug-likeness (QED) is 0.330. The first-order valence-corrected chi connectivity index (χ1v) is 8.44. The second-order valence-corrected chi connectivity index (χ2v) is 5.70. The minimum absolute atomic E-state index is 0. The number of anilines is 1. The monoisotopic (exact) mass is 470 g/mol. The molecule has 142 valence electrons. The van der Waals surface area contributed by atoms with E-state index in [9.17, 15) is 4.79 Å². The topological polar surface area (TPSA) is 83.3 Å². The van der Waals surface area contributed by atoms with Crippen LogP contribution in [0.15, 0.2) is 41.5 Å². The van der Waals surface area contributed by atoms with Crippen LogP contribution < -0.4 is 16.0 Å². The van der Waals surface area contributed by atoms with Gasteiger partial charge in [0.15, 0.2) is 5.96 Å². The van der Waals surface area contributed by atoms with E-state index < -0.39 is 0 Å². The van der Waals surface area contributed by atoms with Gasteiger partial charge in [-0.2, -0.15) is 5.10 Å². The summed E-state index contributed by atoms with van der Waals surface area (Å²) >= 11 is 0. The molecular weight excluding hydrogens is 443 g/mol. The standard InChI is InChI=1S/C18H26N6O.HI/c1-4-19-18(21-13-17-10-12-22-24(17)3)20-11-9-15-5-7-16(8-6-15)23-14(2)25;/h5-8,10,12H,4,9,11,13H2,1-3H3,(H,23,25)(H2,19,20,21);1H. The first-order chi connectivity index (χ1) is 12.1. The smallest absolute Gasteiger partial charge is 0.221 e. The van der Waals surface area contributed by atoms with E-state index in [0.717, 1.165) is 36.9 Å². The molecular formula is C18H27IN6O. The van der Waals surface area contributed by atoms with Gasteiger partial charge in [0, 0.05) is 38.9 Å². The lowest BCUT2D eigenvalue weighted by molar-refractivity contribution is -0.114. The molecule has 0 saturated heterocycles. The number of nitrogens with one attached hydrogen (secondary N) is 3. The molecule has 8 heteroatoms. The summed E-state index contributed by atoms with van der Waals surface area (Å²) in [6.07, 6.45) is 2.65. The summed E-state index contributed by atoms with van der Waals surface area (Å²) in [4.78, 5) is 15.6. The van der Waals surface area contributed by atoms with Gasteiger partial charge in [-0.3, -0.25) is 9.48 Å². The summed E-state index contributed by atoms with van der Waals surface area (Å²) in [6, 6.07) is 9.83. The fourth-order valence-electron chi connectivity index (χ4n) is 2.34. The minimum Gasteiger partial charge on any atom is -0.357 e. The molecule has 0 aliphatic heterocycles. The van der Waals surface area contributed by atoms with Gasteiger partial charge in [0.1, 0.15) is 0 Å². The second-order valence-electron chi connectivity index (χ2n) is 5.70. The number of carbonyl (C=O) groups excluding carboxylic acids is 1. The lowest BCUT2D eigenvalue weighted by Crippen LogP contribution is -2.38. The Labute approximate surface area is 171 Å². The van der Waals surface area contributed by atoms with Crippen molar-refractivity contribution < 1.29 is 4.79 Å². The predicted octanol–water partition coefficient (Wildman–Crippen LogP) is 2.29. The SMILES string of the molecule is CCNC(=NCc1ccnn1C)NCCc1ccc(NC(C)=O)cc1.I. The number of nitrogens with zero attached hydrogens (tertiary/aromatic N) is 3. The van der Waals surface area contributed by atoms with Gasteiger partial charge in [-0.25, -0.2) is 4.99 Å². The molecule has 0 radical (unpaired) electrons. The number of rotatable bonds is 7. The number of benzene rings is 1. The molecule has 0 aliphatic carbocycles. The van der Waals surface area contributed by atoms with E-state index >= 15 is 0 Å². The molecule has 0 saturated carbocycles. The number of aliphatic imine (C=N–C) groups is 1. The molecule has 7 nitrogen and oxygen atoms in total. The van der Waals surface area contributed by atoms with Crippen molar-refractivity contribution in [1.82, 2.24) is 20.4 Å². The number of aryl methyl sites for hydroxylation is 1. The molecule has 1 aromatic heterocycles. The molecule has 2 rings (SSSR count). The summed E-state index contributed by atoms with van der Waals surface area (Å²) in [5.41, 5.74) is 3.07. The van der Waals surface area contributed by atoms with Crippen LogP contribution >= 0.6 is 24.0 Å². The Balaban J connectivity index is 0.00000338.